The standard InChI is InChI=1S/C22H20FN3O2/c1-14-5-3-6-17(26-14)13-28-21-11-19(23)15(10-20(21)27-2)9-16-12-25-22-18(16)7-4-8-24-22/h3-8,10-12H,9,13H2,1-2H3,(H,24,25). The van der Waals surface area contributed by atoms with Crippen molar-refractivity contribution in [3.8, 4) is 11.5 Å². The minimum Gasteiger partial charge on any atom is -0.493 e. The Morgan fingerprint density at radius 3 is 2.79 bits per heavy atom. The number of halogens is 1. The summed E-state index contributed by atoms with van der Waals surface area (Å²) in [4.78, 5) is 11.8. The van der Waals surface area contributed by atoms with Gasteiger partial charge in [-0.3, -0.25) is 4.98 Å². The number of hydrogen-bond acceptors (Lipinski definition) is 4. The number of aromatic amines is 1. The molecule has 142 valence electrons. The summed E-state index contributed by atoms with van der Waals surface area (Å²) in [6, 6.07) is 12.6. The van der Waals surface area contributed by atoms with Crippen LogP contribution in [0.5, 0.6) is 11.5 Å². The van der Waals surface area contributed by atoms with Gasteiger partial charge < -0.3 is 14.5 Å². The number of rotatable bonds is 6. The number of ether oxygens (including phenoxy) is 2. The number of benzene rings is 1. The number of nitrogens with one attached hydrogen (secondary N) is 1. The lowest BCUT2D eigenvalue weighted by Gasteiger charge is -2.13. The second kappa shape index (κ2) is 7.68. The molecule has 0 saturated carbocycles. The first kappa shape index (κ1) is 18.0. The normalized spacial score (nSPS) is 11.0. The van der Waals surface area contributed by atoms with Crippen LogP contribution in [-0.2, 0) is 13.0 Å². The summed E-state index contributed by atoms with van der Waals surface area (Å²) in [6.07, 6.45) is 4.01. The summed E-state index contributed by atoms with van der Waals surface area (Å²) in [5.41, 5.74) is 3.97. The lowest BCUT2D eigenvalue weighted by atomic mass is 10.0. The second-order valence-corrected chi connectivity index (χ2v) is 6.54. The van der Waals surface area contributed by atoms with Crippen molar-refractivity contribution in [3.63, 3.8) is 0 Å². The molecule has 3 aromatic heterocycles. The van der Waals surface area contributed by atoms with Gasteiger partial charge in [-0.2, -0.15) is 0 Å². The number of nitrogens with zero attached hydrogens (tertiary/aromatic N) is 2. The van der Waals surface area contributed by atoms with Gasteiger partial charge in [0.1, 0.15) is 18.1 Å². The minimum absolute atomic E-state index is 0.241. The van der Waals surface area contributed by atoms with Crippen LogP contribution in [0.2, 0.25) is 0 Å². The van der Waals surface area contributed by atoms with E-state index in [4.69, 9.17) is 9.47 Å². The maximum absolute atomic E-state index is 14.8. The SMILES string of the molecule is COc1cc(Cc2c[nH]c3ncccc23)c(F)cc1OCc1cccc(C)n1. The van der Waals surface area contributed by atoms with Gasteiger partial charge in [-0.15, -0.1) is 0 Å². The summed E-state index contributed by atoms with van der Waals surface area (Å²) in [5, 5.41) is 0.978. The molecule has 4 aromatic rings. The second-order valence-electron chi connectivity index (χ2n) is 6.54. The lowest BCUT2D eigenvalue weighted by Crippen LogP contribution is -2.02. The van der Waals surface area contributed by atoms with Gasteiger partial charge in [0.25, 0.3) is 0 Å². The molecule has 28 heavy (non-hydrogen) atoms. The van der Waals surface area contributed by atoms with Crippen molar-refractivity contribution in [3.05, 3.63) is 83.2 Å². The predicted molar refractivity (Wildman–Crippen MR) is 105 cm³/mol. The van der Waals surface area contributed by atoms with Crippen molar-refractivity contribution < 1.29 is 13.9 Å². The molecular weight excluding hydrogens is 357 g/mol. The smallest absolute Gasteiger partial charge is 0.164 e. The summed E-state index contributed by atoms with van der Waals surface area (Å²) in [7, 11) is 1.55. The molecule has 0 atom stereocenters. The maximum Gasteiger partial charge on any atom is 0.164 e. The van der Waals surface area contributed by atoms with Gasteiger partial charge in [-0.05, 0) is 48.4 Å². The number of aromatic nitrogens is 3. The molecule has 0 aliphatic rings. The van der Waals surface area contributed by atoms with Gasteiger partial charge in [0.2, 0.25) is 0 Å². The molecule has 0 spiro atoms. The monoisotopic (exact) mass is 377 g/mol. The third-order valence-electron chi connectivity index (χ3n) is 4.57. The van der Waals surface area contributed by atoms with E-state index in [-0.39, 0.29) is 12.4 Å². The zero-order chi connectivity index (χ0) is 19.5. The lowest BCUT2D eigenvalue weighted by molar-refractivity contribution is 0.278. The largest absolute Gasteiger partial charge is 0.493 e. The Morgan fingerprint density at radius 2 is 1.96 bits per heavy atom. The molecule has 0 amide bonds. The van der Waals surface area contributed by atoms with Crippen molar-refractivity contribution >= 4 is 11.0 Å². The number of aryl methyl sites for hydroxylation is 1. The molecule has 4 rings (SSSR count). The highest BCUT2D eigenvalue weighted by Gasteiger charge is 2.14. The van der Waals surface area contributed by atoms with Crippen LogP contribution in [0, 0.1) is 12.7 Å². The quantitative estimate of drug-likeness (QED) is 0.534. The zero-order valence-corrected chi connectivity index (χ0v) is 15.7. The number of methoxy groups -OCH3 is 1. The van der Waals surface area contributed by atoms with Crippen LogP contribution >= 0.6 is 0 Å². The van der Waals surface area contributed by atoms with Gasteiger partial charge >= 0.3 is 0 Å². The highest BCUT2D eigenvalue weighted by Crippen LogP contribution is 2.32. The molecule has 0 aliphatic heterocycles. The minimum atomic E-state index is -0.341. The molecule has 5 nitrogen and oxygen atoms in total. The summed E-state index contributed by atoms with van der Waals surface area (Å²) in [5.74, 6) is 0.501. The van der Waals surface area contributed by atoms with Gasteiger partial charge in [0.15, 0.2) is 11.5 Å². The van der Waals surface area contributed by atoms with Gasteiger partial charge in [-0.1, -0.05) is 6.07 Å². The van der Waals surface area contributed by atoms with Gasteiger partial charge in [-0.25, -0.2) is 9.37 Å². The molecule has 1 aromatic carbocycles. The number of H-pyrrole nitrogens is 1. The molecule has 3 heterocycles. The fourth-order valence-corrected chi connectivity index (χ4v) is 3.18. The molecule has 0 fully saturated rings. The fraction of sp³-hybridized carbons (Fsp3) is 0.182. The van der Waals surface area contributed by atoms with Crippen molar-refractivity contribution in [1.82, 2.24) is 15.0 Å². The first-order chi connectivity index (χ1) is 13.6. The highest BCUT2D eigenvalue weighted by molar-refractivity contribution is 5.79. The molecule has 0 saturated heterocycles. The van der Waals surface area contributed by atoms with Crippen LogP contribution in [0.4, 0.5) is 4.39 Å². The number of fused-ring (bicyclic) bond motifs is 1. The molecule has 6 heteroatoms. The van der Waals surface area contributed by atoms with E-state index in [0.717, 1.165) is 28.0 Å². The van der Waals surface area contributed by atoms with E-state index in [1.165, 1.54) is 6.07 Å². The maximum atomic E-state index is 14.8. The van der Waals surface area contributed by atoms with Gasteiger partial charge in [0, 0.05) is 36.0 Å². The average Bonchev–Trinajstić information content (AvgIpc) is 3.11. The van der Waals surface area contributed by atoms with E-state index >= 15 is 0 Å². The third-order valence-corrected chi connectivity index (χ3v) is 4.57. The van der Waals surface area contributed by atoms with Crippen LogP contribution in [0.3, 0.4) is 0 Å². The van der Waals surface area contributed by atoms with Crippen molar-refractivity contribution in [1.29, 1.82) is 0 Å². The van der Waals surface area contributed by atoms with Crippen LogP contribution in [0.1, 0.15) is 22.5 Å². The van der Waals surface area contributed by atoms with E-state index in [0.29, 0.717) is 23.5 Å². The van der Waals surface area contributed by atoms with E-state index in [9.17, 15) is 4.39 Å². The van der Waals surface area contributed by atoms with Crippen molar-refractivity contribution in [2.45, 2.75) is 20.0 Å². The number of pyridine rings is 2. The Balaban J connectivity index is 1.58. The molecule has 0 bridgehead atoms. The van der Waals surface area contributed by atoms with Crippen LogP contribution < -0.4 is 9.47 Å². The summed E-state index contributed by atoms with van der Waals surface area (Å²) in [6.45, 7) is 2.16. The van der Waals surface area contributed by atoms with E-state index < -0.39 is 0 Å². The number of hydrogen-bond donors (Lipinski definition) is 1. The van der Waals surface area contributed by atoms with Crippen LogP contribution in [0.15, 0.2) is 54.9 Å². The molecular formula is C22H20FN3O2. The van der Waals surface area contributed by atoms with E-state index in [1.54, 1.807) is 19.4 Å². The van der Waals surface area contributed by atoms with E-state index in [1.807, 2.05) is 43.5 Å². The van der Waals surface area contributed by atoms with E-state index in [2.05, 4.69) is 15.0 Å². The molecule has 0 aliphatic carbocycles. The van der Waals surface area contributed by atoms with Gasteiger partial charge in [0.05, 0.1) is 12.8 Å². The Kier molecular flexibility index (Phi) is 4.93. The zero-order valence-electron chi connectivity index (χ0n) is 15.7. The first-order valence-corrected chi connectivity index (χ1v) is 8.97. The predicted octanol–water partition coefficient (Wildman–Crippen LogP) is 4.58. The summed E-state index contributed by atoms with van der Waals surface area (Å²) >= 11 is 0. The topological polar surface area (TPSA) is 60.0 Å². The highest BCUT2D eigenvalue weighted by atomic mass is 19.1. The fourth-order valence-electron chi connectivity index (χ4n) is 3.18. The Hall–Kier alpha value is -3.41. The Labute approximate surface area is 162 Å². The molecule has 1 N–H and O–H groups in total. The van der Waals surface area contributed by atoms with Crippen LogP contribution in [0.25, 0.3) is 11.0 Å². The molecule has 0 unspecified atom stereocenters. The third kappa shape index (κ3) is 3.67. The van der Waals surface area contributed by atoms with Crippen molar-refractivity contribution in [2.24, 2.45) is 0 Å². The Bertz CT molecular complexity index is 1120. The Morgan fingerprint density at radius 1 is 1.07 bits per heavy atom. The average molecular weight is 377 g/mol. The first-order valence-electron chi connectivity index (χ1n) is 8.97. The summed E-state index contributed by atoms with van der Waals surface area (Å²) < 4.78 is 26.0. The molecule has 0 radical (unpaired) electrons. The van der Waals surface area contributed by atoms with Crippen LogP contribution in [-0.4, -0.2) is 22.1 Å². The van der Waals surface area contributed by atoms with Crippen molar-refractivity contribution in [2.75, 3.05) is 7.11 Å².